The molecule has 0 atom stereocenters. The average molecular weight is 288 g/mol. The second-order valence-electron chi connectivity index (χ2n) is 4.42. The van der Waals surface area contributed by atoms with E-state index in [9.17, 15) is 9.59 Å². The molecule has 8 heteroatoms. The first-order valence-electron chi connectivity index (χ1n) is 6.33. The summed E-state index contributed by atoms with van der Waals surface area (Å²) >= 11 is 0. The molecule has 21 heavy (non-hydrogen) atoms. The predicted molar refractivity (Wildman–Crippen MR) is 77.3 cm³/mol. The molecule has 0 aliphatic rings. The Morgan fingerprint density at radius 2 is 2.00 bits per heavy atom. The van der Waals surface area contributed by atoms with Crippen LogP contribution in [0.3, 0.4) is 0 Å². The van der Waals surface area contributed by atoms with Gasteiger partial charge in [0.25, 0.3) is 0 Å². The van der Waals surface area contributed by atoms with E-state index in [1.54, 1.807) is 30.5 Å². The lowest BCUT2D eigenvalue weighted by molar-refractivity contribution is -0.117. The first-order valence-corrected chi connectivity index (χ1v) is 6.33. The van der Waals surface area contributed by atoms with Gasteiger partial charge in [-0.1, -0.05) is 11.3 Å². The number of amides is 2. The first-order chi connectivity index (χ1) is 10.1. The Labute approximate surface area is 121 Å². The molecule has 2 amide bonds. The van der Waals surface area contributed by atoms with Crippen LogP contribution in [0.2, 0.25) is 0 Å². The van der Waals surface area contributed by atoms with E-state index in [4.69, 9.17) is 5.73 Å². The minimum Gasteiger partial charge on any atom is -0.326 e. The molecule has 110 valence electrons. The number of nitrogens with one attached hydrogen (secondary N) is 2. The standard InChI is InChI=1S/C13H16N6O2/c1-9(20)15-10-3-2-4-11(5-10)16-13(21)8-19-7-12(6-14)17-18-19/h2-5,7H,6,8,14H2,1H3,(H,15,20)(H,16,21). The molecule has 2 aromatic rings. The van der Waals surface area contributed by atoms with Crippen molar-refractivity contribution >= 4 is 23.2 Å². The Hall–Kier alpha value is -2.74. The monoisotopic (exact) mass is 288 g/mol. The third-order valence-electron chi connectivity index (χ3n) is 2.57. The zero-order chi connectivity index (χ0) is 15.2. The molecule has 1 aromatic heterocycles. The average Bonchev–Trinajstić information content (AvgIpc) is 2.85. The minimum absolute atomic E-state index is 0.0391. The summed E-state index contributed by atoms with van der Waals surface area (Å²) in [5.41, 5.74) is 7.25. The van der Waals surface area contributed by atoms with Crippen molar-refractivity contribution in [3.63, 3.8) is 0 Å². The van der Waals surface area contributed by atoms with E-state index < -0.39 is 0 Å². The lowest BCUT2D eigenvalue weighted by Crippen LogP contribution is -2.19. The van der Waals surface area contributed by atoms with Crippen molar-refractivity contribution in [1.29, 1.82) is 0 Å². The Morgan fingerprint density at radius 3 is 2.62 bits per heavy atom. The van der Waals surface area contributed by atoms with Crippen LogP contribution in [0.1, 0.15) is 12.6 Å². The van der Waals surface area contributed by atoms with Gasteiger partial charge in [-0.25, -0.2) is 4.68 Å². The van der Waals surface area contributed by atoms with Crippen molar-refractivity contribution in [1.82, 2.24) is 15.0 Å². The van der Waals surface area contributed by atoms with Crippen LogP contribution in [-0.2, 0) is 22.7 Å². The second-order valence-corrected chi connectivity index (χ2v) is 4.42. The molecule has 0 bridgehead atoms. The van der Waals surface area contributed by atoms with E-state index in [2.05, 4.69) is 20.9 Å². The van der Waals surface area contributed by atoms with Crippen LogP contribution in [0.4, 0.5) is 11.4 Å². The van der Waals surface area contributed by atoms with E-state index in [1.165, 1.54) is 11.6 Å². The van der Waals surface area contributed by atoms with Gasteiger partial charge in [-0.15, -0.1) is 5.10 Å². The summed E-state index contributed by atoms with van der Waals surface area (Å²) in [6, 6.07) is 6.88. The van der Waals surface area contributed by atoms with Crippen LogP contribution in [0, 0.1) is 0 Å². The van der Waals surface area contributed by atoms with Crippen molar-refractivity contribution in [2.75, 3.05) is 10.6 Å². The number of carbonyl (C=O) groups excluding carboxylic acids is 2. The van der Waals surface area contributed by atoms with Gasteiger partial charge in [0, 0.05) is 24.8 Å². The highest BCUT2D eigenvalue weighted by Crippen LogP contribution is 2.15. The van der Waals surface area contributed by atoms with Crippen LogP contribution < -0.4 is 16.4 Å². The zero-order valence-corrected chi connectivity index (χ0v) is 11.5. The lowest BCUT2D eigenvalue weighted by Gasteiger charge is -2.07. The molecule has 2 rings (SSSR count). The maximum atomic E-state index is 11.9. The third-order valence-corrected chi connectivity index (χ3v) is 2.57. The van der Waals surface area contributed by atoms with E-state index in [0.29, 0.717) is 17.1 Å². The molecule has 1 heterocycles. The molecular formula is C13H16N6O2. The zero-order valence-electron chi connectivity index (χ0n) is 11.5. The topological polar surface area (TPSA) is 115 Å². The molecule has 4 N–H and O–H groups in total. The van der Waals surface area contributed by atoms with Crippen molar-refractivity contribution in [3.8, 4) is 0 Å². The summed E-state index contributed by atoms with van der Waals surface area (Å²) in [6.45, 7) is 1.74. The molecule has 1 aromatic carbocycles. The molecule has 0 spiro atoms. The fourth-order valence-corrected chi connectivity index (χ4v) is 1.73. The number of anilines is 2. The SMILES string of the molecule is CC(=O)Nc1cccc(NC(=O)Cn2cc(CN)nn2)c1. The van der Waals surface area contributed by atoms with Gasteiger partial charge >= 0.3 is 0 Å². The van der Waals surface area contributed by atoms with Crippen LogP contribution in [0.15, 0.2) is 30.5 Å². The number of nitrogens with zero attached hydrogens (tertiary/aromatic N) is 3. The van der Waals surface area contributed by atoms with Crippen molar-refractivity contribution in [2.24, 2.45) is 5.73 Å². The Morgan fingerprint density at radius 1 is 1.29 bits per heavy atom. The van der Waals surface area contributed by atoms with Gasteiger partial charge < -0.3 is 16.4 Å². The molecule has 0 aliphatic carbocycles. The number of hydrogen-bond donors (Lipinski definition) is 3. The Bertz CT molecular complexity index is 652. The smallest absolute Gasteiger partial charge is 0.246 e. The predicted octanol–water partition coefficient (Wildman–Crippen LogP) is 0.334. The summed E-state index contributed by atoms with van der Waals surface area (Å²) in [6.07, 6.45) is 1.62. The maximum absolute atomic E-state index is 11.9. The quantitative estimate of drug-likeness (QED) is 0.733. The highest BCUT2D eigenvalue weighted by molar-refractivity contribution is 5.93. The second kappa shape index (κ2) is 6.62. The number of rotatable bonds is 5. The van der Waals surface area contributed by atoms with Gasteiger partial charge in [0.15, 0.2) is 0 Å². The molecule has 0 unspecified atom stereocenters. The Balaban J connectivity index is 1.97. The first kappa shape index (κ1) is 14.7. The fraction of sp³-hybridized carbons (Fsp3) is 0.231. The van der Waals surface area contributed by atoms with Gasteiger partial charge in [0.2, 0.25) is 11.8 Å². The normalized spacial score (nSPS) is 10.2. The number of hydrogen-bond acceptors (Lipinski definition) is 5. The molecule has 0 saturated heterocycles. The van der Waals surface area contributed by atoms with Crippen LogP contribution in [-0.4, -0.2) is 26.8 Å². The van der Waals surface area contributed by atoms with E-state index >= 15 is 0 Å². The van der Waals surface area contributed by atoms with Gasteiger partial charge in [-0.2, -0.15) is 0 Å². The number of carbonyl (C=O) groups is 2. The lowest BCUT2D eigenvalue weighted by atomic mass is 10.2. The number of benzene rings is 1. The molecule has 0 radical (unpaired) electrons. The fourth-order valence-electron chi connectivity index (χ4n) is 1.73. The van der Waals surface area contributed by atoms with Crippen molar-refractivity contribution < 1.29 is 9.59 Å². The van der Waals surface area contributed by atoms with E-state index in [0.717, 1.165) is 0 Å². The van der Waals surface area contributed by atoms with E-state index in [-0.39, 0.29) is 24.9 Å². The maximum Gasteiger partial charge on any atom is 0.246 e. The van der Waals surface area contributed by atoms with Crippen molar-refractivity contribution in [2.45, 2.75) is 20.0 Å². The molecule has 8 nitrogen and oxygen atoms in total. The number of aromatic nitrogens is 3. The number of nitrogens with two attached hydrogens (primary N) is 1. The van der Waals surface area contributed by atoms with Crippen LogP contribution in [0.25, 0.3) is 0 Å². The third kappa shape index (κ3) is 4.39. The van der Waals surface area contributed by atoms with Gasteiger partial charge in [0.1, 0.15) is 6.54 Å². The Kier molecular flexibility index (Phi) is 4.62. The summed E-state index contributed by atoms with van der Waals surface area (Å²) in [5.74, 6) is -0.418. The summed E-state index contributed by atoms with van der Waals surface area (Å²) in [5, 5.41) is 13.0. The molecule has 0 fully saturated rings. The molecular weight excluding hydrogens is 272 g/mol. The highest BCUT2D eigenvalue weighted by atomic mass is 16.2. The van der Waals surface area contributed by atoms with Gasteiger partial charge in [-0.3, -0.25) is 9.59 Å². The van der Waals surface area contributed by atoms with Crippen molar-refractivity contribution in [3.05, 3.63) is 36.2 Å². The van der Waals surface area contributed by atoms with Gasteiger partial charge in [-0.05, 0) is 18.2 Å². The van der Waals surface area contributed by atoms with E-state index in [1.807, 2.05) is 0 Å². The molecule has 0 aliphatic heterocycles. The summed E-state index contributed by atoms with van der Waals surface area (Å²) < 4.78 is 1.41. The largest absolute Gasteiger partial charge is 0.326 e. The highest BCUT2D eigenvalue weighted by Gasteiger charge is 2.06. The van der Waals surface area contributed by atoms with Crippen LogP contribution in [0.5, 0.6) is 0 Å². The van der Waals surface area contributed by atoms with Crippen LogP contribution >= 0.6 is 0 Å². The summed E-state index contributed by atoms with van der Waals surface area (Å²) in [7, 11) is 0. The summed E-state index contributed by atoms with van der Waals surface area (Å²) in [4.78, 5) is 22.9. The molecule has 0 saturated carbocycles. The minimum atomic E-state index is -0.247. The van der Waals surface area contributed by atoms with Gasteiger partial charge in [0.05, 0.1) is 11.9 Å².